The third kappa shape index (κ3) is 3.61. The van der Waals surface area contributed by atoms with Crippen LogP contribution in [-0.4, -0.2) is 13.1 Å². The number of piperidine rings is 1. The van der Waals surface area contributed by atoms with Crippen LogP contribution in [0.25, 0.3) is 0 Å². The Kier molecular flexibility index (Phi) is 4.51. The molecule has 1 aliphatic rings. The number of rotatable bonds is 4. The van der Waals surface area contributed by atoms with Gasteiger partial charge in [0, 0.05) is 6.54 Å². The summed E-state index contributed by atoms with van der Waals surface area (Å²) in [6, 6.07) is 15.2. The monoisotopic (exact) mass is 285 g/mol. The van der Waals surface area contributed by atoms with Crippen LogP contribution in [0.3, 0.4) is 0 Å². The van der Waals surface area contributed by atoms with Crippen LogP contribution in [0.5, 0.6) is 5.75 Å². The molecule has 3 rings (SSSR count). The molecule has 0 aromatic heterocycles. The lowest BCUT2D eigenvalue weighted by atomic mass is 9.91. The molecular weight excluding hydrogens is 265 g/mol. The van der Waals surface area contributed by atoms with Crippen LogP contribution < -0.4 is 10.1 Å². The second-order valence-electron chi connectivity index (χ2n) is 5.51. The van der Waals surface area contributed by atoms with E-state index in [1.807, 2.05) is 36.4 Å². The summed E-state index contributed by atoms with van der Waals surface area (Å²) in [7, 11) is 0. The molecule has 0 saturated carbocycles. The second kappa shape index (κ2) is 6.72. The Bertz CT molecular complexity index is 579. The number of nitrogens with one attached hydrogen (secondary N) is 1. The van der Waals surface area contributed by atoms with E-state index in [4.69, 9.17) is 4.74 Å². The Morgan fingerprint density at radius 2 is 2.00 bits per heavy atom. The summed E-state index contributed by atoms with van der Waals surface area (Å²) in [4.78, 5) is 0. The summed E-state index contributed by atoms with van der Waals surface area (Å²) in [6.07, 6.45) is 2.27. The van der Waals surface area contributed by atoms with Crippen LogP contribution >= 0.6 is 0 Å². The van der Waals surface area contributed by atoms with Crippen molar-refractivity contribution in [3.63, 3.8) is 0 Å². The lowest BCUT2D eigenvalue weighted by Crippen LogP contribution is -2.28. The van der Waals surface area contributed by atoms with Gasteiger partial charge in [0.25, 0.3) is 0 Å². The minimum atomic E-state index is -0.269. The second-order valence-corrected chi connectivity index (χ2v) is 5.51. The minimum absolute atomic E-state index is 0.269. The van der Waals surface area contributed by atoms with E-state index in [0.29, 0.717) is 18.3 Å². The normalized spacial score (nSPS) is 18.4. The van der Waals surface area contributed by atoms with Crippen LogP contribution in [0, 0.1) is 5.82 Å². The Morgan fingerprint density at radius 3 is 2.71 bits per heavy atom. The van der Waals surface area contributed by atoms with Crippen LogP contribution in [0.1, 0.15) is 29.9 Å². The molecule has 0 amide bonds. The Hall–Kier alpha value is -1.87. The molecule has 1 aliphatic heterocycles. The van der Waals surface area contributed by atoms with Crippen molar-refractivity contribution in [2.45, 2.75) is 25.4 Å². The van der Waals surface area contributed by atoms with Gasteiger partial charge in [-0.15, -0.1) is 0 Å². The van der Waals surface area contributed by atoms with Crippen molar-refractivity contribution < 1.29 is 9.13 Å². The van der Waals surface area contributed by atoms with Crippen LogP contribution in [0.4, 0.5) is 4.39 Å². The average Bonchev–Trinajstić information content (AvgIpc) is 2.55. The SMILES string of the molecule is Fc1cc(C2CCCNC2)ccc1OCc1ccccc1. The van der Waals surface area contributed by atoms with E-state index in [1.54, 1.807) is 12.1 Å². The first-order valence-electron chi connectivity index (χ1n) is 7.50. The summed E-state index contributed by atoms with van der Waals surface area (Å²) >= 11 is 0. The third-order valence-electron chi connectivity index (χ3n) is 3.96. The maximum absolute atomic E-state index is 14.2. The molecule has 0 bridgehead atoms. The highest BCUT2D eigenvalue weighted by Crippen LogP contribution is 2.27. The van der Waals surface area contributed by atoms with Crippen molar-refractivity contribution in [3.05, 3.63) is 65.5 Å². The maximum atomic E-state index is 14.2. The van der Waals surface area contributed by atoms with Gasteiger partial charge < -0.3 is 10.1 Å². The first-order chi connectivity index (χ1) is 10.3. The van der Waals surface area contributed by atoms with Crippen LogP contribution in [0.15, 0.2) is 48.5 Å². The van der Waals surface area contributed by atoms with Gasteiger partial charge in [-0.05, 0) is 48.6 Å². The van der Waals surface area contributed by atoms with Crippen molar-refractivity contribution in [2.24, 2.45) is 0 Å². The zero-order valence-corrected chi connectivity index (χ0v) is 12.0. The third-order valence-corrected chi connectivity index (χ3v) is 3.96. The highest BCUT2D eigenvalue weighted by Gasteiger charge is 2.16. The summed E-state index contributed by atoms with van der Waals surface area (Å²) in [5.41, 5.74) is 2.10. The molecule has 2 aromatic rings. The predicted molar refractivity (Wildman–Crippen MR) is 82.0 cm³/mol. The van der Waals surface area contributed by atoms with Gasteiger partial charge in [0.2, 0.25) is 0 Å². The number of hydrogen-bond donors (Lipinski definition) is 1. The molecule has 2 nitrogen and oxygen atoms in total. The Labute approximate surface area is 125 Å². The smallest absolute Gasteiger partial charge is 0.165 e. The summed E-state index contributed by atoms with van der Waals surface area (Å²) in [5.74, 6) is 0.469. The van der Waals surface area contributed by atoms with Gasteiger partial charge in [-0.2, -0.15) is 0 Å². The Morgan fingerprint density at radius 1 is 1.14 bits per heavy atom. The quantitative estimate of drug-likeness (QED) is 0.920. The zero-order chi connectivity index (χ0) is 14.5. The summed E-state index contributed by atoms with van der Waals surface area (Å²) in [6.45, 7) is 2.39. The molecule has 0 radical (unpaired) electrons. The molecule has 1 heterocycles. The van der Waals surface area contributed by atoms with E-state index in [0.717, 1.165) is 37.1 Å². The standard InChI is InChI=1S/C18H20FNO/c19-17-11-15(16-7-4-10-20-12-16)8-9-18(17)21-13-14-5-2-1-3-6-14/h1-3,5-6,8-9,11,16,20H,4,7,10,12-13H2. The lowest BCUT2D eigenvalue weighted by Gasteiger charge is -2.23. The van der Waals surface area contributed by atoms with E-state index in [9.17, 15) is 4.39 Å². The molecule has 0 aliphatic carbocycles. The van der Waals surface area contributed by atoms with Crippen molar-refractivity contribution in [1.29, 1.82) is 0 Å². The van der Waals surface area contributed by atoms with E-state index in [-0.39, 0.29) is 5.82 Å². The molecule has 110 valence electrons. The molecule has 1 atom stereocenters. The highest BCUT2D eigenvalue weighted by atomic mass is 19.1. The molecule has 1 saturated heterocycles. The lowest BCUT2D eigenvalue weighted by molar-refractivity contribution is 0.290. The molecule has 1 fully saturated rings. The summed E-state index contributed by atoms with van der Waals surface area (Å²) < 4.78 is 19.7. The maximum Gasteiger partial charge on any atom is 0.165 e. The molecule has 1 N–H and O–H groups in total. The Balaban J connectivity index is 1.66. The van der Waals surface area contributed by atoms with Gasteiger partial charge in [-0.1, -0.05) is 36.4 Å². The zero-order valence-electron chi connectivity index (χ0n) is 12.0. The largest absolute Gasteiger partial charge is 0.486 e. The molecular formula is C18H20FNO. The van der Waals surface area contributed by atoms with Gasteiger partial charge >= 0.3 is 0 Å². The van der Waals surface area contributed by atoms with Crippen LogP contribution in [-0.2, 0) is 6.61 Å². The predicted octanol–water partition coefficient (Wildman–Crippen LogP) is 3.87. The highest BCUT2D eigenvalue weighted by molar-refractivity contribution is 5.32. The van der Waals surface area contributed by atoms with E-state index >= 15 is 0 Å². The van der Waals surface area contributed by atoms with Gasteiger partial charge in [0.05, 0.1) is 0 Å². The molecule has 0 spiro atoms. The van der Waals surface area contributed by atoms with Gasteiger partial charge in [0.1, 0.15) is 6.61 Å². The molecule has 1 unspecified atom stereocenters. The number of ether oxygens (including phenoxy) is 1. The molecule has 2 aromatic carbocycles. The first kappa shape index (κ1) is 14.1. The fraction of sp³-hybridized carbons (Fsp3) is 0.333. The van der Waals surface area contributed by atoms with E-state index < -0.39 is 0 Å². The number of halogens is 1. The number of hydrogen-bond acceptors (Lipinski definition) is 2. The van der Waals surface area contributed by atoms with Crippen molar-refractivity contribution in [3.8, 4) is 5.75 Å². The van der Waals surface area contributed by atoms with Gasteiger partial charge in [0.15, 0.2) is 11.6 Å². The fourth-order valence-corrected chi connectivity index (χ4v) is 2.76. The summed E-state index contributed by atoms with van der Waals surface area (Å²) in [5, 5.41) is 3.36. The minimum Gasteiger partial charge on any atom is -0.486 e. The van der Waals surface area contributed by atoms with E-state index in [2.05, 4.69) is 5.32 Å². The molecule has 21 heavy (non-hydrogen) atoms. The van der Waals surface area contributed by atoms with E-state index in [1.165, 1.54) is 0 Å². The van der Waals surface area contributed by atoms with Gasteiger partial charge in [-0.3, -0.25) is 0 Å². The van der Waals surface area contributed by atoms with Crippen molar-refractivity contribution >= 4 is 0 Å². The van der Waals surface area contributed by atoms with Crippen molar-refractivity contribution in [1.82, 2.24) is 5.32 Å². The fourth-order valence-electron chi connectivity index (χ4n) is 2.76. The average molecular weight is 285 g/mol. The topological polar surface area (TPSA) is 21.3 Å². The first-order valence-corrected chi connectivity index (χ1v) is 7.50. The van der Waals surface area contributed by atoms with Crippen molar-refractivity contribution in [2.75, 3.05) is 13.1 Å². The number of benzene rings is 2. The van der Waals surface area contributed by atoms with Gasteiger partial charge in [-0.25, -0.2) is 4.39 Å². The molecule has 3 heteroatoms. The van der Waals surface area contributed by atoms with Crippen LogP contribution in [0.2, 0.25) is 0 Å².